The molecule has 1 fully saturated rings. The van der Waals surface area contributed by atoms with Gasteiger partial charge in [0, 0.05) is 23.7 Å². The van der Waals surface area contributed by atoms with Crippen LogP contribution in [0.3, 0.4) is 0 Å². The lowest BCUT2D eigenvalue weighted by atomic mass is 9.78. The second kappa shape index (κ2) is 3.99. The van der Waals surface area contributed by atoms with Gasteiger partial charge in [-0.1, -0.05) is 30.3 Å². The molecule has 0 aromatic heterocycles. The van der Waals surface area contributed by atoms with Gasteiger partial charge in [0.1, 0.15) is 6.10 Å². The van der Waals surface area contributed by atoms with Crippen LogP contribution in [0.5, 0.6) is 0 Å². The highest BCUT2D eigenvalue weighted by Gasteiger charge is 2.60. The highest BCUT2D eigenvalue weighted by Crippen LogP contribution is 2.62. The molecule has 1 aliphatic carbocycles. The molecule has 3 nitrogen and oxygen atoms in total. The molecule has 3 heteroatoms. The van der Waals surface area contributed by atoms with Crippen molar-refractivity contribution in [3.8, 4) is 0 Å². The highest BCUT2D eigenvalue weighted by molar-refractivity contribution is 6.07. The summed E-state index contributed by atoms with van der Waals surface area (Å²) in [5, 5.41) is 0. The van der Waals surface area contributed by atoms with Crippen molar-refractivity contribution < 1.29 is 9.53 Å². The summed E-state index contributed by atoms with van der Waals surface area (Å²) in [6.07, 6.45) is 1.24. The molecule has 0 spiro atoms. The second-order valence-electron chi connectivity index (χ2n) is 6.77. The zero-order valence-corrected chi connectivity index (χ0v) is 12.5. The number of amides is 1. The van der Waals surface area contributed by atoms with Gasteiger partial charge in [-0.3, -0.25) is 4.79 Å². The molecular formula is C19H17NO2. The van der Waals surface area contributed by atoms with Crippen molar-refractivity contribution in [1.29, 1.82) is 0 Å². The maximum atomic E-state index is 12.9. The highest BCUT2D eigenvalue weighted by atomic mass is 16.6. The molecular weight excluding hydrogens is 274 g/mol. The summed E-state index contributed by atoms with van der Waals surface area (Å²) < 4.78 is 5.93. The molecule has 22 heavy (non-hydrogen) atoms. The van der Waals surface area contributed by atoms with Crippen molar-refractivity contribution in [3.63, 3.8) is 0 Å². The van der Waals surface area contributed by atoms with Crippen LogP contribution in [0.1, 0.15) is 46.9 Å². The first kappa shape index (κ1) is 12.4. The van der Waals surface area contributed by atoms with Crippen LogP contribution in [0.25, 0.3) is 0 Å². The van der Waals surface area contributed by atoms with E-state index >= 15 is 0 Å². The molecule has 2 aliphatic heterocycles. The van der Waals surface area contributed by atoms with Gasteiger partial charge in [0.05, 0.1) is 5.60 Å². The molecule has 2 aromatic rings. The molecule has 0 N–H and O–H groups in total. The van der Waals surface area contributed by atoms with Crippen LogP contribution in [0, 0.1) is 0 Å². The molecule has 2 heterocycles. The Bertz CT molecular complexity index is 785. The number of anilines is 1. The number of ether oxygens (including phenoxy) is 1. The molecule has 0 radical (unpaired) electrons. The molecule has 3 aliphatic rings. The van der Waals surface area contributed by atoms with Crippen LogP contribution in [-0.4, -0.2) is 18.1 Å². The standard InChI is InChI=1S/C19H17NO2/c1-19-10-13-11-20(18(21)12-6-3-2-4-7-12)15-9-5-8-14(16(13)15)17(19)22-19/h2-9,13,17H,10-11H2,1H3/t13-,17+,19-/m0/s1. The van der Waals surface area contributed by atoms with E-state index in [1.54, 1.807) is 0 Å². The number of hydrogen-bond acceptors (Lipinski definition) is 2. The molecule has 3 atom stereocenters. The Balaban J connectivity index is 1.59. The van der Waals surface area contributed by atoms with Gasteiger partial charge >= 0.3 is 0 Å². The lowest BCUT2D eigenvalue weighted by Crippen LogP contribution is -2.30. The normalized spacial score (nSPS) is 30.7. The van der Waals surface area contributed by atoms with Crippen molar-refractivity contribution in [3.05, 3.63) is 65.2 Å². The fraction of sp³-hybridized carbons (Fsp3) is 0.316. The lowest BCUT2D eigenvalue weighted by Gasteiger charge is -2.21. The van der Waals surface area contributed by atoms with E-state index in [1.165, 1.54) is 11.1 Å². The molecule has 0 unspecified atom stereocenters. The molecule has 1 saturated heterocycles. The van der Waals surface area contributed by atoms with Gasteiger partial charge in [0.2, 0.25) is 0 Å². The van der Waals surface area contributed by atoms with E-state index in [0.29, 0.717) is 5.92 Å². The number of rotatable bonds is 1. The number of carbonyl (C=O) groups is 1. The van der Waals surface area contributed by atoms with Crippen LogP contribution in [-0.2, 0) is 4.74 Å². The Morgan fingerprint density at radius 1 is 1.18 bits per heavy atom. The Labute approximate surface area is 129 Å². The van der Waals surface area contributed by atoms with Crippen molar-refractivity contribution in [1.82, 2.24) is 0 Å². The Hall–Kier alpha value is -2.13. The zero-order chi connectivity index (χ0) is 14.9. The Kier molecular flexibility index (Phi) is 2.25. The topological polar surface area (TPSA) is 32.8 Å². The number of hydrogen-bond donors (Lipinski definition) is 0. The van der Waals surface area contributed by atoms with E-state index in [-0.39, 0.29) is 17.6 Å². The van der Waals surface area contributed by atoms with Crippen LogP contribution < -0.4 is 4.90 Å². The summed E-state index contributed by atoms with van der Waals surface area (Å²) >= 11 is 0. The maximum Gasteiger partial charge on any atom is 0.258 e. The Morgan fingerprint density at radius 3 is 2.82 bits per heavy atom. The van der Waals surface area contributed by atoms with Gasteiger partial charge in [0.15, 0.2) is 0 Å². The summed E-state index contributed by atoms with van der Waals surface area (Å²) in [7, 11) is 0. The first-order chi connectivity index (χ1) is 10.7. The number of epoxide rings is 1. The number of carbonyl (C=O) groups excluding carboxylic acids is 1. The van der Waals surface area contributed by atoms with Crippen LogP contribution in [0.15, 0.2) is 48.5 Å². The molecule has 5 rings (SSSR count). The van der Waals surface area contributed by atoms with Gasteiger partial charge in [-0.05, 0) is 42.7 Å². The lowest BCUT2D eigenvalue weighted by molar-refractivity contribution is 0.0987. The van der Waals surface area contributed by atoms with Gasteiger partial charge in [-0.25, -0.2) is 0 Å². The fourth-order valence-electron chi connectivity index (χ4n) is 4.26. The zero-order valence-electron chi connectivity index (χ0n) is 12.5. The van der Waals surface area contributed by atoms with Crippen LogP contribution in [0.4, 0.5) is 5.69 Å². The smallest absolute Gasteiger partial charge is 0.258 e. The van der Waals surface area contributed by atoms with E-state index < -0.39 is 0 Å². The predicted molar refractivity (Wildman–Crippen MR) is 84.1 cm³/mol. The van der Waals surface area contributed by atoms with Gasteiger partial charge in [-0.2, -0.15) is 0 Å². The quantitative estimate of drug-likeness (QED) is 0.751. The third-order valence-electron chi connectivity index (χ3n) is 5.30. The fourth-order valence-corrected chi connectivity index (χ4v) is 4.26. The first-order valence-electron chi connectivity index (χ1n) is 7.85. The molecule has 0 bridgehead atoms. The third-order valence-corrected chi connectivity index (χ3v) is 5.30. The maximum absolute atomic E-state index is 12.9. The predicted octanol–water partition coefficient (Wildman–Crippen LogP) is 3.66. The molecule has 110 valence electrons. The number of benzene rings is 2. The van der Waals surface area contributed by atoms with Crippen LogP contribution >= 0.6 is 0 Å². The summed E-state index contributed by atoms with van der Waals surface area (Å²) in [6.45, 7) is 2.96. The summed E-state index contributed by atoms with van der Waals surface area (Å²) in [6, 6.07) is 15.8. The van der Waals surface area contributed by atoms with Crippen molar-refractivity contribution in [2.75, 3.05) is 11.4 Å². The van der Waals surface area contributed by atoms with E-state index in [9.17, 15) is 4.79 Å². The van der Waals surface area contributed by atoms with Crippen molar-refractivity contribution in [2.24, 2.45) is 0 Å². The molecule has 2 aromatic carbocycles. The second-order valence-corrected chi connectivity index (χ2v) is 6.77. The molecule has 1 amide bonds. The number of fused-ring (bicyclic) bond motifs is 2. The monoisotopic (exact) mass is 291 g/mol. The minimum absolute atomic E-state index is 0.0118. The average Bonchev–Trinajstić information content (AvgIpc) is 3.11. The van der Waals surface area contributed by atoms with Crippen LogP contribution in [0.2, 0.25) is 0 Å². The number of nitrogens with zero attached hydrogens (tertiary/aromatic N) is 1. The average molecular weight is 291 g/mol. The molecule has 0 saturated carbocycles. The van der Waals surface area contributed by atoms with Gasteiger partial charge in [-0.15, -0.1) is 0 Å². The van der Waals surface area contributed by atoms with Gasteiger partial charge < -0.3 is 9.64 Å². The van der Waals surface area contributed by atoms with Gasteiger partial charge in [0.25, 0.3) is 5.91 Å². The van der Waals surface area contributed by atoms with E-state index in [0.717, 1.165) is 24.2 Å². The van der Waals surface area contributed by atoms with E-state index in [2.05, 4.69) is 25.1 Å². The minimum atomic E-state index is -0.0118. The third kappa shape index (κ3) is 1.52. The largest absolute Gasteiger partial charge is 0.361 e. The summed E-state index contributed by atoms with van der Waals surface area (Å²) in [4.78, 5) is 14.8. The first-order valence-corrected chi connectivity index (χ1v) is 7.85. The van der Waals surface area contributed by atoms with Crippen molar-refractivity contribution in [2.45, 2.75) is 31.0 Å². The Morgan fingerprint density at radius 2 is 2.00 bits per heavy atom. The summed E-state index contributed by atoms with van der Waals surface area (Å²) in [5.41, 5.74) is 4.45. The minimum Gasteiger partial charge on any atom is -0.361 e. The van der Waals surface area contributed by atoms with E-state index in [1.807, 2.05) is 35.2 Å². The summed E-state index contributed by atoms with van der Waals surface area (Å²) in [5.74, 6) is 0.505. The SMILES string of the molecule is C[C@]12C[C@H]3CN(C(=O)c4ccccc4)c4cccc(c43)[C@H]1O2. The van der Waals surface area contributed by atoms with Crippen molar-refractivity contribution >= 4 is 11.6 Å². The van der Waals surface area contributed by atoms with E-state index in [4.69, 9.17) is 4.74 Å².